The third kappa shape index (κ3) is 3.93. The van der Waals surface area contributed by atoms with Crippen LogP contribution in [0.4, 0.5) is 10.1 Å². The Balaban J connectivity index is 1.56. The highest BCUT2D eigenvalue weighted by molar-refractivity contribution is 5.96. The molecule has 0 atom stereocenters. The second-order valence-electron chi connectivity index (χ2n) is 6.01. The molecule has 3 rings (SSSR count). The van der Waals surface area contributed by atoms with Gasteiger partial charge in [-0.2, -0.15) is 0 Å². The minimum atomic E-state index is -0.642. The van der Waals surface area contributed by atoms with Crippen molar-refractivity contribution in [2.45, 2.75) is 12.8 Å². The van der Waals surface area contributed by atoms with Crippen molar-refractivity contribution in [3.63, 3.8) is 0 Å². The number of halogens is 1. The monoisotopic (exact) mass is 357 g/mol. The smallest absolute Gasteiger partial charge is 0.269 e. The largest absolute Gasteiger partial charge is 0.494 e. The molecular weight excluding hydrogens is 337 g/mol. The van der Waals surface area contributed by atoms with Gasteiger partial charge in [-0.25, -0.2) is 4.39 Å². The zero-order valence-electron chi connectivity index (χ0n) is 14.4. The standard InChI is InChI=1S/C19H20FN3O3/c1-26-17-9-8-14(11-15(17)20)19(25)22-21-18(24)12-23-10-4-6-13-5-2-3-7-16(13)23/h2-3,5,7-9,11H,4,6,10,12H2,1H3,(H,21,24)(H,22,25). The molecule has 136 valence electrons. The second-order valence-corrected chi connectivity index (χ2v) is 6.01. The van der Waals surface area contributed by atoms with Gasteiger partial charge >= 0.3 is 0 Å². The Morgan fingerprint density at radius 1 is 1.19 bits per heavy atom. The zero-order chi connectivity index (χ0) is 18.5. The highest BCUT2D eigenvalue weighted by Crippen LogP contribution is 2.26. The first-order valence-corrected chi connectivity index (χ1v) is 8.34. The lowest BCUT2D eigenvalue weighted by Gasteiger charge is -2.30. The van der Waals surface area contributed by atoms with E-state index in [1.165, 1.54) is 24.8 Å². The summed E-state index contributed by atoms with van der Waals surface area (Å²) in [4.78, 5) is 26.2. The molecular formula is C19H20FN3O3. The number of carbonyl (C=O) groups is 2. The number of hydrogen-bond acceptors (Lipinski definition) is 4. The van der Waals surface area contributed by atoms with Crippen LogP contribution in [0.2, 0.25) is 0 Å². The van der Waals surface area contributed by atoms with Crippen LogP contribution in [0.1, 0.15) is 22.3 Å². The minimum Gasteiger partial charge on any atom is -0.494 e. The van der Waals surface area contributed by atoms with Gasteiger partial charge in [-0.05, 0) is 42.7 Å². The van der Waals surface area contributed by atoms with E-state index in [1.54, 1.807) is 0 Å². The van der Waals surface area contributed by atoms with Crippen molar-refractivity contribution in [2.75, 3.05) is 25.1 Å². The number of fused-ring (bicyclic) bond motifs is 1. The van der Waals surface area contributed by atoms with E-state index in [1.807, 2.05) is 23.1 Å². The van der Waals surface area contributed by atoms with Gasteiger partial charge < -0.3 is 9.64 Å². The predicted octanol–water partition coefficient (Wildman–Crippen LogP) is 2.05. The summed E-state index contributed by atoms with van der Waals surface area (Å²) in [5.74, 6) is -1.53. The number of methoxy groups -OCH3 is 1. The molecule has 6 nitrogen and oxygen atoms in total. The Morgan fingerprint density at radius 3 is 2.77 bits per heavy atom. The molecule has 0 saturated carbocycles. The van der Waals surface area contributed by atoms with Crippen LogP contribution in [-0.4, -0.2) is 32.0 Å². The van der Waals surface area contributed by atoms with Gasteiger partial charge in [-0.3, -0.25) is 20.4 Å². The quantitative estimate of drug-likeness (QED) is 0.822. The zero-order valence-corrected chi connectivity index (χ0v) is 14.4. The number of ether oxygens (including phenoxy) is 1. The number of aryl methyl sites for hydroxylation is 1. The van der Waals surface area contributed by atoms with Crippen molar-refractivity contribution < 1.29 is 18.7 Å². The molecule has 0 aromatic heterocycles. The van der Waals surface area contributed by atoms with E-state index >= 15 is 0 Å². The highest BCUT2D eigenvalue weighted by atomic mass is 19.1. The van der Waals surface area contributed by atoms with Gasteiger partial charge in [0.15, 0.2) is 11.6 Å². The molecule has 0 bridgehead atoms. The maximum absolute atomic E-state index is 13.7. The molecule has 2 aromatic carbocycles. The number of benzene rings is 2. The predicted molar refractivity (Wildman–Crippen MR) is 95.5 cm³/mol. The van der Waals surface area contributed by atoms with Crippen molar-refractivity contribution in [1.29, 1.82) is 0 Å². The normalized spacial score (nSPS) is 12.9. The lowest BCUT2D eigenvalue weighted by Crippen LogP contribution is -2.47. The third-order valence-electron chi connectivity index (χ3n) is 4.27. The number of carbonyl (C=O) groups excluding carboxylic acids is 2. The van der Waals surface area contributed by atoms with Gasteiger partial charge in [0.25, 0.3) is 11.8 Å². The molecule has 0 radical (unpaired) electrons. The lowest BCUT2D eigenvalue weighted by atomic mass is 10.0. The maximum Gasteiger partial charge on any atom is 0.269 e. The van der Waals surface area contributed by atoms with Crippen LogP contribution in [0.5, 0.6) is 5.75 Å². The van der Waals surface area contributed by atoms with Gasteiger partial charge in [-0.1, -0.05) is 18.2 Å². The van der Waals surface area contributed by atoms with Crippen LogP contribution in [0.3, 0.4) is 0 Å². The molecule has 2 N–H and O–H groups in total. The molecule has 0 spiro atoms. The Kier molecular flexibility index (Phi) is 5.36. The van der Waals surface area contributed by atoms with Crippen molar-refractivity contribution in [3.05, 3.63) is 59.4 Å². The van der Waals surface area contributed by atoms with E-state index < -0.39 is 11.7 Å². The summed E-state index contributed by atoms with van der Waals surface area (Å²) in [7, 11) is 1.34. The van der Waals surface area contributed by atoms with E-state index in [4.69, 9.17) is 4.74 Å². The summed E-state index contributed by atoms with van der Waals surface area (Å²) in [6.45, 7) is 0.913. The van der Waals surface area contributed by atoms with Gasteiger partial charge in [0.1, 0.15) is 0 Å². The highest BCUT2D eigenvalue weighted by Gasteiger charge is 2.19. The Labute approximate surface area is 150 Å². The fourth-order valence-electron chi connectivity index (χ4n) is 2.99. The first-order valence-electron chi connectivity index (χ1n) is 8.34. The molecule has 1 aliphatic heterocycles. The van der Waals surface area contributed by atoms with Gasteiger partial charge in [0, 0.05) is 17.8 Å². The summed E-state index contributed by atoms with van der Waals surface area (Å²) in [5.41, 5.74) is 7.02. The molecule has 0 saturated heterocycles. The molecule has 2 amide bonds. The number of hydrogen-bond donors (Lipinski definition) is 2. The number of anilines is 1. The Hall–Kier alpha value is -3.09. The van der Waals surface area contributed by atoms with Crippen LogP contribution >= 0.6 is 0 Å². The molecule has 1 heterocycles. The second kappa shape index (κ2) is 7.86. The number of nitrogens with zero attached hydrogens (tertiary/aromatic N) is 1. The topological polar surface area (TPSA) is 70.7 Å². The van der Waals surface area contributed by atoms with Crippen molar-refractivity contribution in [1.82, 2.24) is 10.9 Å². The van der Waals surface area contributed by atoms with E-state index in [9.17, 15) is 14.0 Å². The SMILES string of the molecule is COc1ccc(C(=O)NNC(=O)CN2CCCc3ccccc32)cc1F. The van der Waals surface area contributed by atoms with Crippen LogP contribution in [0, 0.1) is 5.82 Å². The Morgan fingerprint density at radius 2 is 2.00 bits per heavy atom. The van der Waals surface area contributed by atoms with Gasteiger partial charge in [-0.15, -0.1) is 0 Å². The van der Waals surface area contributed by atoms with Crippen LogP contribution in [0.25, 0.3) is 0 Å². The minimum absolute atomic E-state index is 0.0503. The molecule has 2 aromatic rings. The van der Waals surface area contributed by atoms with Crippen LogP contribution in [0.15, 0.2) is 42.5 Å². The molecule has 0 unspecified atom stereocenters. The average Bonchev–Trinajstić information content (AvgIpc) is 2.66. The molecule has 7 heteroatoms. The Bertz CT molecular complexity index is 825. The number of rotatable bonds is 4. The first kappa shape index (κ1) is 17.7. The van der Waals surface area contributed by atoms with Crippen molar-refractivity contribution in [2.24, 2.45) is 0 Å². The first-order chi connectivity index (χ1) is 12.6. The maximum atomic E-state index is 13.7. The number of amides is 2. The van der Waals surface area contributed by atoms with E-state index in [-0.39, 0.29) is 23.8 Å². The van der Waals surface area contributed by atoms with Gasteiger partial charge in [0.05, 0.1) is 13.7 Å². The third-order valence-corrected chi connectivity index (χ3v) is 4.27. The average molecular weight is 357 g/mol. The fourth-order valence-corrected chi connectivity index (χ4v) is 2.99. The molecule has 1 aliphatic rings. The van der Waals surface area contributed by atoms with E-state index in [0.717, 1.165) is 31.1 Å². The van der Waals surface area contributed by atoms with Crippen LogP contribution in [-0.2, 0) is 11.2 Å². The summed E-state index contributed by atoms with van der Waals surface area (Å²) >= 11 is 0. The van der Waals surface area contributed by atoms with Crippen molar-refractivity contribution in [3.8, 4) is 5.75 Å². The summed E-state index contributed by atoms with van der Waals surface area (Å²) in [6, 6.07) is 11.8. The summed E-state index contributed by atoms with van der Waals surface area (Å²) in [6.07, 6.45) is 1.97. The van der Waals surface area contributed by atoms with Crippen molar-refractivity contribution >= 4 is 17.5 Å². The molecule has 26 heavy (non-hydrogen) atoms. The number of hydrazine groups is 1. The lowest BCUT2D eigenvalue weighted by molar-refractivity contribution is -0.120. The fraction of sp³-hybridized carbons (Fsp3) is 0.263. The van der Waals surface area contributed by atoms with Gasteiger partial charge in [0.2, 0.25) is 0 Å². The van der Waals surface area contributed by atoms with E-state index in [2.05, 4.69) is 16.9 Å². The summed E-state index contributed by atoms with van der Waals surface area (Å²) in [5, 5.41) is 0. The molecule has 0 aliphatic carbocycles. The number of nitrogens with one attached hydrogen (secondary N) is 2. The number of para-hydroxylation sites is 1. The summed E-state index contributed by atoms with van der Waals surface area (Å²) < 4.78 is 18.5. The van der Waals surface area contributed by atoms with E-state index in [0.29, 0.717) is 0 Å². The molecule has 0 fully saturated rings. The van der Waals surface area contributed by atoms with Crippen LogP contribution < -0.4 is 20.5 Å².